The minimum Gasteiger partial charge on any atom is -0.466 e. The Morgan fingerprint density at radius 1 is 1.09 bits per heavy atom. The summed E-state index contributed by atoms with van der Waals surface area (Å²) in [6.45, 7) is 3.32. The number of ether oxygens (including phenoxy) is 2. The number of carbonyl (C=O) groups is 3. The quantitative estimate of drug-likeness (QED) is 0.438. The summed E-state index contributed by atoms with van der Waals surface area (Å²) < 4.78 is 38.1. The number of likely N-dealkylation sites (tertiary alicyclic amines) is 1. The summed E-state index contributed by atoms with van der Waals surface area (Å²) in [6.07, 6.45) is 1.91. The predicted octanol–water partition coefficient (Wildman–Crippen LogP) is 3.29. The third kappa shape index (κ3) is 6.22. The number of nitrogens with zero attached hydrogens (tertiary/aromatic N) is 4. The highest BCUT2D eigenvalue weighted by atomic mass is 19.2. The van der Waals surface area contributed by atoms with Gasteiger partial charge in [-0.1, -0.05) is 18.2 Å². The lowest BCUT2D eigenvalue weighted by molar-refractivity contribution is -0.137. The fraction of sp³-hybridized carbons (Fsp3) is 0.419. The van der Waals surface area contributed by atoms with E-state index in [1.165, 1.54) is 13.2 Å². The normalized spacial score (nSPS) is 19.7. The predicted molar refractivity (Wildman–Crippen MR) is 155 cm³/mol. The van der Waals surface area contributed by atoms with E-state index < -0.39 is 35.7 Å². The van der Waals surface area contributed by atoms with Gasteiger partial charge >= 0.3 is 18.0 Å². The third-order valence-corrected chi connectivity index (χ3v) is 8.38. The Hall–Kier alpha value is -4.54. The van der Waals surface area contributed by atoms with Crippen molar-refractivity contribution in [2.24, 2.45) is 5.92 Å². The number of nitriles is 1. The minimum absolute atomic E-state index is 0.0152. The van der Waals surface area contributed by atoms with E-state index in [1.807, 2.05) is 24.3 Å². The molecule has 0 aromatic heterocycles. The maximum Gasteiger partial charge on any atom is 0.338 e. The second-order valence-electron chi connectivity index (χ2n) is 11.0. The van der Waals surface area contributed by atoms with Gasteiger partial charge in [-0.25, -0.2) is 28.1 Å². The second-order valence-corrected chi connectivity index (χ2v) is 11.0. The molecule has 0 bridgehead atoms. The standard InChI is InChI=1S/C31H34F2N6O5/c1-43-18-25-27(29(40)44-2)28(20-7-8-23(32)24(33)13-20)39(31(42)36-25)30(41)35-15-19-16-38(17-19)22-9-11-37(12-10-22)26-6-4-3-5-21(26)14-34/h3-8,13,19,22,28H,9-12,15-18H2,1-2H3,(H,35,41)(H,36,42)/t28-/m0/s1. The van der Waals surface area contributed by atoms with Crippen LogP contribution in [0.4, 0.5) is 24.1 Å². The number of carbonyl (C=O) groups excluding carboxylic acids is 3. The van der Waals surface area contributed by atoms with Gasteiger partial charge in [0.2, 0.25) is 0 Å². The number of rotatable bonds is 8. The van der Waals surface area contributed by atoms with Crippen LogP contribution in [0, 0.1) is 28.9 Å². The molecule has 2 aromatic rings. The number of nitrogens with one attached hydrogen (secondary N) is 2. The van der Waals surface area contributed by atoms with Crippen molar-refractivity contribution < 1.29 is 32.6 Å². The molecule has 1 atom stereocenters. The summed E-state index contributed by atoms with van der Waals surface area (Å²) in [4.78, 5) is 44.9. The maximum atomic E-state index is 14.3. The number of hydrogen-bond acceptors (Lipinski definition) is 8. The number of halogens is 2. The molecule has 0 saturated carbocycles. The SMILES string of the molecule is COCC1=C(C(=O)OC)[C@H](c2ccc(F)c(F)c2)N(C(=O)NCC2CN(C3CCN(c4ccccc4C#N)CC3)C2)C(=O)N1. The molecular formula is C31H34F2N6O5. The average molecular weight is 609 g/mol. The summed E-state index contributed by atoms with van der Waals surface area (Å²) in [5.74, 6) is -3.02. The smallest absolute Gasteiger partial charge is 0.338 e. The first-order valence-corrected chi connectivity index (χ1v) is 14.4. The summed E-state index contributed by atoms with van der Waals surface area (Å²) in [5, 5.41) is 14.7. The van der Waals surface area contributed by atoms with Crippen LogP contribution in [0.2, 0.25) is 0 Å². The van der Waals surface area contributed by atoms with Gasteiger partial charge < -0.3 is 25.0 Å². The number of anilines is 1. The lowest BCUT2D eigenvalue weighted by Gasteiger charge is -2.47. The van der Waals surface area contributed by atoms with E-state index in [0.29, 0.717) is 11.6 Å². The summed E-state index contributed by atoms with van der Waals surface area (Å²) in [5.41, 5.74) is 1.57. The molecule has 2 aromatic carbocycles. The summed E-state index contributed by atoms with van der Waals surface area (Å²) in [6, 6.07) is 10.2. The number of hydrogen-bond donors (Lipinski definition) is 2. The van der Waals surface area contributed by atoms with E-state index in [4.69, 9.17) is 9.47 Å². The monoisotopic (exact) mass is 608 g/mol. The third-order valence-electron chi connectivity index (χ3n) is 8.38. The topological polar surface area (TPSA) is 127 Å². The van der Waals surface area contributed by atoms with Crippen LogP contribution in [0.25, 0.3) is 0 Å². The molecule has 2 fully saturated rings. The Kier molecular flexibility index (Phi) is 9.41. The fourth-order valence-electron chi connectivity index (χ4n) is 6.15. The van der Waals surface area contributed by atoms with Gasteiger partial charge in [-0.3, -0.25) is 4.90 Å². The number of para-hydroxylation sites is 1. The Morgan fingerprint density at radius 2 is 1.82 bits per heavy atom. The van der Waals surface area contributed by atoms with Crippen molar-refractivity contribution in [3.05, 3.63) is 76.5 Å². The number of piperidine rings is 1. The van der Waals surface area contributed by atoms with E-state index in [-0.39, 0.29) is 35.9 Å². The Balaban J connectivity index is 1.22. The summed E-state index contributed by atoms with van der Waals surface area (Å²) in [7, 11) is 2.50. The van der Waals surface area contributed by atoms with E-state index >= 15 is 0 Å². The Morgan fingerprint density at radius 3 is 2.48 bits per heavy atom. The number of methoxy groups -OCH3 is 2. The first kappa shape index (κ1) is 30.9. The molecule has 0 radical (unpaired) electrons. The van der Waals surface area contributed by atoms with Crippen LogP contribution in [0.5, 0.6) is 0 Å². The molecule has 3 aliphatic rings. The highest BCUT2D eigenvalue weighted by Gasteiger charge is 2.44. The lowest BCUT2D eigenvalue weighted by Crippen LogP contribution is -2.59. The second kappa shape index (κ2) is 13.4. The molecule has 3 aliphatic heterocycles. The van der Waals surface area contributed by atoms with Crippen molar-refractivity contribution >= 4 is 23.7 Å². The van der Waals surface area contributed by atoms with Crippen molar-refractivity contribution in [2.45, 2.75) is 24.9 Å². The van der Waals surface area contributed by atoms with Gasteiger partial charge in [-0.05, 0) is 42.7 Å². The molecule has 2 N–H and O–H groups in total. The zero-order valence-corrected chi connectivity index (χ0v) is 24.5. The number of benzene rings is 2. The van der Waals surface area contributed by atoms with Crippen LogP contribution < -0.4 is 15.5 Å². The van der Waals surface area contributed by atoms with Gasteiger partial charge in [0.05, 0.1) is 36.2 Å². The fourth-order valence-corrected chi connectivity index (χ4v) is 6.15. The first-order valence-electron chi connectivity index (χ1n) is 14.4. The van der Waals surface area contributed by atoms with E-state index in [1.54, 1.807) is 0 Å². The van der Waals surface area contributed by atoms with Crippen molar-refractivity contribution in [1.29, 1.82) is 5.26 Å². The maximum absolute atomic E-state index is 14.3. The van der Waals surface area contributed by atoms with Crippen LogP contribution in [-0.2, 0) is 14.3 Å². The molecule has 13 heteroatoms. The number of urea groups is 2. The molecule has 44 heavy (non-hydrogen) atoms. The van der Waals surface area contributed by atoms with Crippen molar-refractivity contribution in [2.75, 3.05) is 58.5 Å². The van der Waals surface area contributed by atoms with E-state index in [0.717, 1.165) is 68.9 Å². The Bertz CT molecular complexity index is 1500. The highest BCUT2D eigenvalue weighted by Crippen LogP contribution is 2.35. The van der Waals surface area contributed by atoms with Gasteiger partial charge in [-0.2, -0.15) is 5.26 Å². The molecule has 5 rings (SSSR count). The van der Waals surface area contributed by atoms with Crippen molar-refractivity contribution in [3.63, 3.8) is 0 Å². The van der Waals surface area contributed by atoms with Gasteiger partial charge in [0.25, 0.3) is 0 Å². The van der Waals surface area contributed by atoms with Gasteiger partial charge in [0, 0.05) is 51.8 Å². The van der Waals surface area contributed by atoms with Crippen LogP contribution in [0.1, 0.15) is 30.0 Å². The van der Waals surface area contributed by atoms with Gasteiger partial charge in [-0.15, -0.1) is 0 Å². The number of esters is 1. The lowest BCUT2D eigenvalue weighted by atomic mass is 9.92. The van der Waals surface area contributed by atoms with Crippen LogP contribution >= 0.6 is 0 Å². The molecule has 0 aliphatic carbocycles. The zero-order chi connectivity index (χ0) is 31.4. The molecule has 4 amide bonds. The molecule has 0 spiro atoms. The van der Waals surface area contributed by atoms with Crippen LogP contribution in [0.3, 0.4) is 0 Å². The highest BCUT2D eigenvalue weighted by molar-refractivity contribution is 6.01. The van der Waals surface area contributed by atoms with E-state index in [9.17, 15) is 28.4 Å². The Labute approximate surface area is 254 Å². The summed E-state index contributed by atoms with van der Waals surface area (Å²) >= 11 is 0. The van der Waals surface area contributed by atoms with Crippen LogP contribution in [0.15, 0.2) is 53.7 Å². The van der Waals surface area contributed by atoms with E-state index in [2.05, 4.69) is 26.5 Å². The molecule has 2 saturated heterocycles. The molecule has 11 nitrogen and oxygen atoms in total. The van der Waals surface area contributed by atoms with Crippen molar-refractivity contribution in [1.82, 2.24) is 20.4 Å². The molecular weight excluding hydrogens is 574 g/mol. The van der Waals surface area contributed by atoms with Gasteiger partial charge in [0.1, 0.15) is 12.1 Å². The number of imide groups is 1. The van der Waals surface area contributed by atoms with Crippen molar-refractivity contribution in [3.8, 4) is 6.07 Å². The average Bonchev–Trinajstić information content (AvgIpc) is 3.01. The van der Waals surface area contributed by atoms with Gasteiger partial charge in [0.15, 0.2) is 11.6 Å². The molecule has 232 valence electrons. The molecule has 0 unspecified atom stereocenters. The first-order chi connectivity index (χ1) is 21.2. The minimum atomic E-state index is -1.38. The largest absolute Gasteiger partial charge is 0.466 e. The molecule has 3 heterocycles. The zero-order valence-electron chi connectivity index (χ0n) is 24.5. The van der Waals surface area contributed by atoms with Crippen LogP contribution in [-0.4, -0.2) is 87.4 Å². The number of amides is 4.